The number of rotatable bonds is 3. The second-order valence-electron chi connectivity index (χ2n) is 3.88. The van der Waals surface area contributed by atoms with Crippen molar-refractivity contribution in [3.8, 4) is 5.69 Å². The highest BCUT2D eigenvalue weighted by molar-refractivity contribution is 5.88. The van der Waals surface area contributed by atoms with Gasteiger partial charge in [0.05, 0.1) is 11.4 Å². The van der Waals surface area contributed by atoms with E-state index in [2.05, 4.69) is 5.10 Å². The van der Waals surface area contributed by atoms with Gasteiger partial charge in [0.2, 0.25) is 0 Å². The average Bonchev–Trinajstić information content (AvgIpc) is 2.73. The standard InChI is InChI=1S/C13H14N2O2/c1-3-11-10(13(16)17)8-15(14-11)12-7-5-4-6-9(12)2/h4-8H,3H2,1-2H3,(H,16,17). The molecule has 0 atom stereocenters. The number of carbonyl (C=O) groups is 1. The Kier molecular flexibility index (Phi) is 2.95. The summed E-state index contributed by atoms with van der Waals surface area (Å²) in [4.78, 5) is 11.1. The molecule has 0 aliphatic carbocycles. The van der Waals surface area contributed by atoms with Crippen LogP contribution in [0.15, 0.2) is 30.5 Å². The van der Waals surface area contributed by atoms with Crippen molar-refractivity contribution < 1.29 is 9.90 Å². The highest BCUT2D eigenvalue weighted by atomic mass is 16.4. The van der Waals surface area contributed by atoms with Crippen LogP contribution in [0.1, 0.15) is 28.5 Å². The Morgan fingerprint density at radius 2 is 2.12 bits per heavy atom. The van der Waals surface area contributed by atoms with E-state index in [0.717, 1.165) is 11.3 Å². The molecule has 1 aromatic heterocycles. The lowest BCUT2D eigenvalue weighted by Crippen LogP contribution is -1.98. The number of para-hydroxylation sites is 1. The van der Waals surface area contributed by atoms with E-state index in [1.165, 1.54) is 0 Å². The monoisotopic (exact) mass is 230 g/mol. The van der Waals surface area contributed by atoms with Crippen molar-refractivity contribution in [1.82, 2.24) is 9.78 Å². The van der Waals surface area contributed by atoms with E-state index < -0.39 is 5.97 Å². The molecule has 0 aliphatic heterocycles. The number of carboxylic acid groups (broad SMARTS) is 1. The maximum Gasteiger partial charge on any atom is 0.339 e. The molecule has 0 radical (unpaired) electrons. The lowest BCUT2D eigenvalue weighted by Gasteiger charge is -2.04. The molecule has 0 unspecified atom stereocenters. The van der Waals surface area contributed by atoms with Crippen LogP contribution in [0, 0.1) is 6.92 Å². The molecule has 2 rings (SSSR count). The Bertz CT molecular complexity index is 558. The van der Waals surface area contributed by atoms with Gasteiger partial charge in [0.25, 0.3) is 0 Å². The molecule has 0 saturated heterocycles. The molecule has 17 heavy (non-hydrogen) atoms. The van der Waals surface area contributed by atoms with Crippen LogP contribution >= 0.6 is 0 Å². The van der Waals surface area contributed by atoms with E-state index in [9.17, 15) is 4.79 Å². The van der Waals surface area contributed by atoms with Crippen LogP contribution in [0.5, 0.6) is 0 Å². The van der Waals surface area contributed by atoms with E-state index in [-0.39, 0.29) is 5.56 Å². The van der Waals surface area contributed by atoms with Crippen molar-refractivity contribution in [2.24, 2.45) is 0 Å². The molecular formula is C13H14N2O2. The van der Waals surface area contributed by atoms with Crippen molar-refractivity contribution >= 4 is 5.97 Å². The van der Waals surface area contributed by atoms with E-state index in [1.807, 2.05) is 38.1 Å². The molecule has 0 bridgehead atoms. The summed E-state index contributed by atoms with van der Waals surface area (Å²) < 4.78 is 1.64. The van der Waals surface area contributed by atoms with Crippen molar-refractivity contribution in [3.63, 3.8) is 0 Å². The minimum atomic E-state index is -0.929. The van der Waals surface area contributed by atoms with Gasteiger partial charge < -0.3 is 5.11 Å². The number of aryl methyl sites for hydroxylation is 2. The molecule has 4 heteroatoms. The summed E-state index contributed by atoms with van der Waals surface area (Å²) in [6.07, 6.45) is 2.18. The number of aromatic carboxylic acids is 1. The van der Waals surface area contributed by atoms with Gasteiger partial charge in [-0.25, -0.2) is 9.48 Å². The number of aromatic nitrogens is 2. The van der Waals surface area contributed by atoms with Crippen LogP contribution in [0.2, 0.25) is 0 Å². The van der Waals surface area contributed by atoms with Gasteiger partial charge in [-0.3, -0.25) is 0 Å². The molecule has 1 aromatic carbocycles. The second-order valence-corrected chi connectivity index (χ2v) is 3.88. The van der Waals surface area contributed by atoms with Crippen molar-refractivity contribution in [2.45, 2.75) is 20.3 Å². The fourth-order valence-electron chi connectivity index (χ4n) is 1.79. The second kappa shape index (κ2) is 4.41. The van der Waals surface area contributed by atoms with Crippen LogP contribution < -0.4 is 0 Å². The lowest BCUT2D eigenvalue weighted by atomic mass is 10.2. The largest absolute Gasteiger partial charge is 0.478 e. The number of benzene rings is 1. The van der Waals surface area contributed by atoms with Crippen LogP contribution in [0.4, 0.5) is 0 Å². The summed E-state index contributed by atoms with van der Waals surface area (Å²) in [5.74, 6) is -0.929. The Balaban J connectivity index is 2.54. The molecule has 2 aromatic rings. The maximum absolute atomic E-state index is 11.1. The number of carboxylic acids is 1. The quantitative estimate of drug-likeness (QED) is 0.881. The number of hydrogen-bond acceptors (Lipinski definition) is 2. The summed E-state index contributed by atoms with van der Waals surface area (Å²) in [6.45, 7) is 3.88. The first-order chi connectivity index (χ1) is 8.13. The van der Waals surface area contributed by atoms with Gasteiger partial charge >= 0.3 is 5.97 Å². The molecule has 0 spiro atoms. The fourth-order valence-corrected chi connectivity index (χ4v) is 1.79. The van der Waals surface area contributed by atoms with Gasteiger partial charge in [0.1, 0.15) is 5.56 Å². The van der Waals surface area contributed by atoms with Crippen LogP contribution in [0.3, 0.4) is 0 Å². The number of nitrogens with zero attached hydrogens (tertiary/aromatic N) is 2. The summed E-state index contributed by atoms with van der Waals surface area (Å²) in [5.41, 5.74) is 2.86. The Hall–Kier alpha value is -2.10. The van der Waals surface area contributed by atoms with Gasteiger partial charge in [-0.2, -0.15) is 5.10 Å². The first-order valence-electron chi connectivity index (χ1n) is 5.51. The van der Waals surface area contributed by atoms with Crippen molar-refractivity contribution in [3.05, 3.63) is 47.3 Å². The van der Waals surface area contributed by atoms with Crippen LogP contribution in [-0.4, -0.2) is 20.9 Å². The molecule has 88 valence electrons. The zero-order chi connectivity index (χ0) is 12.4. The zero-order valence-corrected chi connectivity index (χ0v) is 9.84. The summed E-state index contributed by atoms with van der Waals surface area (Å²) in [6, 6.07) is 7.76. The minimum absolute atomic E-state index is 0.274. The molecule has 0 amide bonds. The van der Waals surface area contributed by atoms with Crippen molar-refractivity contribution in [2.75, 3.05) is 0 Å². The molecule has 0 saturated carbocycles. The predicted molar refractivity (Wildman–Crippen MR) is 64.6 cm³/mol. The molecule has 4 nitrogen and oxygen atoms in total. The van der Waals surface area contributed by atoms with E-state index >= 15 is 0 Å². The van der Waals surface area contributed by atoms with Crippen LogP contribution in [-0.2, 0) is 6.42 Å². The number of hydrogen-bond donors (Lipinski definition) is 1. The van der Waals surface area contributed by atoms with Crippen molar-refractivity contribution in [1.29, 1.82) is 0 Å². The Morgan fingerprint density at radius 3 is 2.65 bits per heavy atom. The first kappa shape index (κ1) is 11.4. The Morgan fingerprint density at radius 1 is 1.41 bits per heavy atom. The third kappa shape index (κ3) is 2.06. The lowest BCUT2D eigenvalue weighted by molar-refractivity contribution is 0.0695. The highest BCUT2D eigenvalue weighted by Gasteiger charge is 2.14. The Labute approximate surface area is 99.5 Å². The SMILES string of the molecule is CCc1nn(-c2ccccc2C)cc1C(=O)O. The van der Waals surface area contributed by atoms with Gasteiger partial charge in [-0.15, -0.1) is 0 Å². The summed E-state index contributed by atoms with van der Waals surface area (Å²) in [5, 5.41) is 13.4. The molecular weight excluding hydrogens is 216 g/mol. The van der Waals surface area contributed by atoms with Gasteiger partial charge in [0, 0.05) is 6.20 Å². The highest BCUT2D eigenvalue weighted by Crippen LogP contribution is 2.16. The zero-order valence-electron chi connectivity index (χ0n) is 9.84. The molecule has 1 heterocycles. The summed E-state index contributed by atoms with van der Waals surface area (Å²) >= 11 is 0. The van der Waals surface area contributed by atoms with Gasteiger partial charge in [-0.1, -0.05) is 25.1 Å². The normalized spacial score (nSPS) is 10.5. The molecule has 0 fully saturated rings. The van der Waals surface area contributed by atoms with E-state index in [4.69, 9.17) is 5.11 Å². The van der Waals surface area contributed by atoms with Crippen LogP contribution in [0.25, 0.3) is 5.69 Å². The summed E-state index contributed by atoms with van der Waals surface area (Å²) in [7, 11) is 0. The average molecular weight is 230 g/mol. The minimum Gasteiger partial charge on any atom is -0.478 e. The maximum atomic E-state index is 11.1. The fraction of sp³-hybridized carbons (Fsp3) is 0.231. The topological polar surface area (TPSA) is 55.1 Å². The molecule has 0 aliphatic rings. The van der Waals surface area contributed by atoms with E-state index in [1.54, 1.807) is 10.9 Å². The van der Waals surface area contributed by atoms with E-state index in [0.29, 0.717) is 12.1 Å². The smallest absolute Gasteiger partial charge is 0.339 e. The van der Waals surface area contributed by atoms with Gasteiger partial charge in [-0.05, 0) is 25.0 Å². The first-order valence-corrected chi connectivity index (χ1v) is 5.51. The third-order valence-electron chi connectivity index (χ3n) is 2.72. The van der Waals surface area contributed by atoms with Gasteiger partial charge in [0.15, 0.2) is 0 Å². The molecule has 1 N–H and O–H groups in total. The third-order valence-corrected chi connectivity index (χ3v) is 2.72. The predicted octanol–water partition coefficient (Wildman–Crippen LogP) is 2.44.